The number of benzene rings is 1. The van der Waals surface area contributed by atoms with Crippen LogP contribution in [0.25, 0.3) is 0 Å². The largest absolute Gasteiger partial charge is 0.327 e. The minimum Gasteiger partial charge on any atom is -0.327 e. The molecule has 1 nitrogen and oxygen atoms in total. The van der Waals surface area contributed by atoms with Crippen molar-refractivity contribution in [1.29, 1.82) is 0 Å². The first kappa shape index (κ1) is 12.6. The van der Waals surface area contributed by atoms with E-state index in [1.54, 1.807) is 0 Å². The van der Waals surface area contributed by atoms with Crippen LogP contribution in [0.3, 0.4) is 0 Å². The first-order chi connectivity index (χ1) is 8.16. The Hall–Kier alpha value is -0.820. The Balaban J connectivity index is 1.81. The quantitative estimate of drug-likeness (QED) is 0.824. The lowest BCUT2D eigenvalue weighted by atomic mass is 9.92. The molecule has 1 atom stereocenters. The zero-order chi connectivity index (χ0) is 12.3. The third kappa shape index (κ3) is 3.32. The molecule has 0 spiro atoms. The number of hydrogen-bond acceptors (Lipinski definition) is 1. The van der Waals surface area contributed by atoms with Crippen molar-refractivity contribution in [2.24, 2.45) is 17.6 Å². The first-order valence-corrected chi connectivity index (χ1v) is 6.99. The van der Waals surface area contributed by atoms with Gasteiger partial charge < -0.3 is 5.73 Å². The van der Waals surface area contributed by atoms with E-state index >= 15 is 0 Å². The smallest absolute Gasteiger partial charge is 0.00735 e. The molecule has 0 radical (unpaired) electrons. The lowest BCUT2D eigenvalue weighted by molar-refractivity contribution is 0.392. The predicted molar refractivity (Wildman–Crippen MR) is 74.0 cm³/mol. The molecule has 0 heterocycles. The summed E-state index contributed by atoms with van der Waals surface area (Å²) in [6.45, 7) is 4.58. The van der Waals surface area contributed by atoms with Crippen molar-refractivity contribution in [3.8, 4) is 0 Å². The van der Waals surface area contributed by atoms with Gasteiger partial charge in [-0.05, 0) is 42.2 Å². The highest BCUT2D eigenvalue weighted by atomic mass is 14.7. The number of nitrogens with two attached hydrogens (primary N) is 1. The van der Waals surface area contributed by atoms with E-state index in [0.717, 1.165) is 5.92 Å². The Morgan fingerprint density at radius 3 is 2.24 bits per heavy atom. The number of hydrogen-bond donors (Lipinski definition) is 1. The van der Waals surface area contributed by atoms with Crippen LogP contribution in [-0.2, 0) is 12.8 Å². The summed E-state index contributed by atoms with van der Waals surface area (Å²) in [6, 6.07) is 9.20. The van der Waals surface area contributed by atoms with Crippen LogP contribution in [0.15, 0.2) is 24.3 Å². The maximum absolute atomic E-state index is 6.34. The van der Waals surface area contributed by atoms with Gasteiger partial charge in [0, 0.05) is 6.04 Å². The van der Waals surface area contributed by atoms with Crippen LogP contribution in [0.4, 0.5) is 0 Å². The molecule has 0 amide bonds. The molecular formula is C16H25N. The second kappa shape index (κ2) is 5.68. The molecule has 0 aromatic heterocycles. The number of rotatable bonds is 5. The lowest BCUT2D eigenvalue weighted by Gasteiger charge is -2.19. The topological polar surface area (TPSA) is 26.0 Å². The summed E-state index contributed by atoms with van der Waals surface area (Å²) in [7, 11) is 0. The number of fused-ring (bicyclic) bond motifs is 1. The summed E-state index contributed by atoms with van der Waals surface area (Å²) >= 11 is 0. The van der Waals surface area contributed by atoms with Gasteiger partial charge in [-0.2, -0.15) is 0 Å². The van der Waals surface area contributed by atoms with Crippen molar-refractivity contribution >= 4 is 0 Å². The van der Waals surface area contributed by atoms with Gasteiger partial charge in [0.15, 0.2) is 0 Å². The van der Waals surface area contributed by atoms with E-state index in [4.69, 9.17) is 5.73 Å². The maximum Gasteiger partial charge on any atom is 0.00735 e. The molecule has 0 saturated carbocycles. The van der Waals surface area contributed by atoms with Crippen molar-refractivity contribution in [3.05, 3.63) is 35.4 Å². The van der Waals surface area contributed by atoms with Crippen LogP contribution < -0.4 is 5.73 Å². The van der Waals surface area contributed by atoms with Crippen molar-refractivity contribution in [2.75, 3.05) is 0 Å². The van der Waals surface area contributed by atoms with Crippen molar-refractivity contribution in [2.45, 2.75) is 52.0 Å². The molecule has 94 valence electrons. The van der Waals surface area contributed by atoms with Gasteiger partial charge in [-0.25, -0.2) is 0 Å². The molecule has 1 heteroatoms. The fourth-order valence-corrected chi connectivity index (χ4v) is 2.89. The molecule has 2 N–H and O–H groups in total. The van der Waals surface area contributed by atoms with Gasteiger partial charge in [0.2, 0.25) is 0 Å². The minimum atomic E-state index is 0.390. The molecule has 0 aliphatic heterocycles. The van der Waals surface area contributed by atoms with Gasteiger partial charge in [0.25, 0.3) is 0 Å². The zero-order valence-electron chi connectivity index (χ0n) is 11.2. The summed E-state index contributed by atoms with van der Waals surface area (Å²) in [5.74, 6) is 1.49. The molecule has 1 aromatic carbocycles. The Kier molecular flexibility index (Phi) is 4.22. The highest BCUT2D eigenvalue weighted by molar-refractivity contribution is 5.32. The fraction of sp³-hybridized carbons (Fsp3) is 0.625. The Morgan fingerprint density at radius 2 is 1.71 bits per heavy atom. The van der Waals surface area contributed by atoms with E-state index in [2.05, 4.69) is 38.1 Å². The van der Waals surface area contributed by atoms with Crippen LogP contribution in [0.1, 0.15) is 44.2 Å². The molecule has 1 unspecified atom stereocenters. The van der Waals surface area contributed by atoms with Gasteiger partial charge in [0.1, 0.15) is 0 Å². The summed E-state index contributed by atoms with van der Waals surface area (Å²) in [5.41, 5.74) is 9.39. The lowest BCUT2D eigenvalue weighted by Crippen LogP contribution is -2.30. The Labute approximate surface area is 105 Å². The van der Waals surface area contributed by atoms with Crippen LogP contribution in [-0.4, -0.2) is 6.04 Å². The summed E-state index contributed by atoms with van der Waals surface area (Å²) in [6.07, 6.45) is 6.17. The van der Waals surface area contributed by atoms with Crippen LogP contribution >= 0.6 is 0 Å². The molecule has 17 heavy (non-hydrogen) atoms. The average molecular weight is 231 g/mol. The average Bonchev–Trinajstić information content (AvgIpc) is 2.71. The van der Waals surface area contributed by atoms with E-state index in [9.17, 15) is 0 Å². The molecule has 0 fully saturated rings. The van der Waals surface area contributed by atoms with E-state index < -0.39 is 0 Å². The minimum absolute atomic E-state index is 0.390. The Morgan fingerprint density at radius 1 is 1.12 bits per heavy atom. The Bertz CT molecular complexity index is 331. The van der Waals surface area contributed by atoms with E-state index in [0.29, 0.717) is 12.0 Å². The van der Waals surface area contributed by atoms with Gasteiger partial charge in [-0.1, -0.05) is 51.0 Å². The maximum atomic E-state index is 6.34. The highest BCUT2D eigenvalue weighted by Gasteiger charge is 2.25. The van der Waals surface area contributed by atoms with Crippen molar-refractivity contribution in [3.63, 3.8) is 0 Å². The highest BCUT2D eigenvalue weighted by Crippen LogP contribution is 2.29. The van der Waals surface area contributed by atoms with E-state index in [-0.39, 0.29) is 0 Å². The summed E-state index contributed by atoms with van der Waals surface area (Å²) in [4.78, 5) is 0. The second-order valence-electron chi connectivity index (χ2n) is 5.93. The zero-order valence-corrected chi connectivity index (χ0v) is 11.2. The molecule has 2 rings (SSSR count). The van der Waals surface area contributed by atoms with Gasteiger partial charge >= 0.3 is 0 Å². The third-order valence-corrected chi connectivity index (χ3v) is 4.01. The molecule has 0 bridgehead atoms. The standard InChI is InChI=1S/C16H25N/c1-12(2)6-5-9-16(17)15-10-13-7-3-4-8-14(13)11-15/h3-4,7-8,12,15-16H,5-6,9-11,17H2,1-2H3. The van der Waals surface area contributed by atoms with Crippen LogP contribution in [0.5, 0.6) is 0 Å². The van der Waals surface area contributed by atoms with Gasteiger partial charge in [-0.3, -0.25) is 0 Å². The predicted octanol–water partition coefficient (Wildman–Crippen LogP) is 3.56. The fourth-order valence-electron chi connectivity index (χ4n) is 2.89. The summed E-state index contributed by atoms with van der Waals surface area (Å²) in [5, 5.41) is 0. The van der Waals surface area contributed by atoms with Gasteiger partial charge in [-0.15, -0.1) is 0 Å². The van der Waals surface area contributed by atoms with E-state index in [1.165, 1.54) is 43.2 Å². The van der Waals surface area contributed by atoms with Crippen LogP contribution in [0.2, 0.25) is 0 Å². The monoisotopic (exact) mass is 231 g/mol. The molecular weight excluding hydrogens is 206 g/mol. The third-order valence-electron chi connectivity index (χ3n) is 4.01. The SMILES string of the molecule is CC(C)CCCC(N)C1Cc2ccccc2C1. The molecule has 0 saturated heterocycles. The normalized spacial score (nSPS) is 17.4. The summed E-state index contributed by atoms with van der Waals surface area (Å²) < 4.78 is 0. The second-order valence-corrected chi connectivity index (χ2v) is 5.93. The molecule has 1 aromatic rings. The van der Waals surface area contributed by atoms with Crippen molar-refractivity contribution in [1.82, 2.24) is 0 Å². The molecule has 1 aliphatic rings. The van der Waals surface area contributed by atoms with E-state index in [1.807, 2.05) is 0 Å². The van der Waals surface area contributed by atoms with Crippen LogP contribution in [0, 0.1) is 11.8 Å². The van der Waals surface area contributed by atoms with Gasteiger partial charge in [0.05, 0.1) is 0 Å². The van der Waals surface area contributed by atoms with Crippen molar-refractivity contribution < 1.29 is 0 Å². The first-order valence-electron chi connectivity index (χ1n) is 6.99. The molecule has 1 aliphatic carbocycles.